The normalized spacial score (nSPS) is 13.3. The van der Waals surface area contributed by atoms with E-state index < -0.39 is 29.3 Å². The number of ether oxygens (including phenoxy) is 2. The summed E-state index contributed by atoms with van der Waals surface area (Å²) in [5, 5.41) is 46.9. The average Bonchev–Trinajstić information content (AvgIpc) is 2.60. The van der Waals surface area contributed by atoms with E-state index in [2.05, 4.69) is 0 Å². The van der Waals surface area contributed by atoms with Crippen LogP contribution in [-0.2, 0) is 4.74 Å². The van der Waals surface area contributed by atoms with Gasteiger partial charge in [-0.1, -0.05) is 0 Å². The SMILES string of the molecule is CC(Oc1cc(=O)c(O)c(-c2ccc(O)c(O)c2)o1)OC(CO)CCO. The van der Waals surface area contributed by atoms with Gasteiger partial charge >= 0.3 is 0 Å². The Labute approximate surface area is 148 Å². The Hall–Kier alpha value is -2.75. The van der Waals surface area contributed by atoms with E-state index in [1.807, 2.05) is 0 Å². The number of hydrogen-bond acceptors (Lipinski definition) is 9. The quantitative estimate of drug-likeness (QED) is 0.338. The molecular weight excluding hydrogens is 348 g/mol. The largest absolute Gasteiger partial charge is 0.504 e. The predicted molar refractivity (Wildman–Crippen MR) is 89.2 cm³/mol. The number of hydrogen-bond donors (Lipinski definition) is 5. The summed E-state index contributed by atoms with van der Waals surface area (Å²) in [5.41, 5.74) is -0.641. The molecule has 9 heteroatoms. The van der Waals surface area contributed by atoms with Crippen LogP contribution in [0.4, 0.5) is 0 Å². The number of phenolic OH excluding ortho intramolecular Hbond substituents is 2. The Bertz CT molecular complexity index is 799. The Kier molecular flexibility index (Phi) is 6.45. The maximum Gasteiger partial charge on any atom is 0.291 e. The Morgan fingerprint density at radius 2 is 1.85 bits per heavy atom. The second-order valence-electron chi connectivity index (χ2n) is 5.45. The van der Waals surface area contributed by atoms with Gasteiger partial charge in [-0.15, -0.1) is 0 Å². The molecule has 0 saturated heterocycles. The highest BCUT2D eigenvalue weighted by Gasteiger charge is 2.19. The van der Waals surface area contributed by atoms with Crippen molar-refractivity contribution in [3.8, 4) is 34.5 Å². The van der Waals surface area contributed by atoms with Gasteiger partial charge in [-0.2, -0.15) is 0 Å². The van der Waals surface area contributed by atoms with Crippen LogP contribution < -0.4 is 10.2 Å². The molecule has 1 aromatic heterocycles. The molecule has 0 aliphatic rings. The monoisotopic (exact) mass is 368 g/mol. The molecule has 0 spiro atoms. The number of aliphatic hydroxyl groups is 2. The first-order valence-corrected chi connectivity index (χ1v) is 7.79. The van der Waals surface area contributed by atoms with E-state index >= 15 is 0 Å². The zero-order valence-corrected chi connectivity index (χ0v) is 14.0. The van der Waals surface area contributed by atoms with Crippen molar-refractivity contribution in [3.05, 3.63) is 34.5 Å². The summed E-state index contributed by atoms with van der Waals surface area (Å²) in [4.78, 5) is 11.9. The van der Waals surface area contributed by atoms with Gasteiger partial charge in [-0.25, -0.2) is 0 Å². The highest BCUT2D eigenvalue weighted by molar-refractivity contribution is 5.67. The van der Waals surface area contributed by atoms with Crippen LogP contribution in [-0.4, -0.2) is 51.1 Å². The van der Waals surface area contributed by atoms with E-state index in [4.69, 9.17) is 24.1 Å². The predicted octanol–water partition coefficient (Wildman–Crippen LogP) is 0.908. The lowest BCUT2D eigenvalue weighted by atomic mass is 10.1. The fourth-order valence-corrected chi connectivity index (χ4v) is 2.19. The van der Waals surface area contributed by atoms with E-state index in [0.717, 1.165) is 12.1 Å². The van der Waals surface area contributed by atoms with Crippen LogP contribution in [0.2, 0.25) is 0 Å². The summed E-state index contributed by atoms with van der Waals surface area (Å²) < 4.78 is 16.1. The molecule has 0 aliphatic carbocycles. The molecular formula is C17H20O9. The fourth-order valence-electron chi connectivity index (χ4n) is 2.19. The van der Waals surface area contributed by atoms with E-state index in [1.54, 1.807) is 0 Å². The van der Waals surface area contributed by atoms with Crippen molar-refractivity contribution in [3.63, 3.8) is 0 Å². The van der Waals surface area contributed by atoms with Gasteiger partial charge in [-0.05, 0) is 31.5 Å². The van der Waals surface area contributed by atoms with E-state index in [-0.39, 0.29) is 42.7 Å². The fraction of sp³-hybridized carbons (Fsp3) is 0.353. The van der Waals surface area contributed by atoms with Gasteiger partial charge in [0.2, 0.25) is 17.5 Å². The van der Waals surface area contributed by atoms with Crippen LogP contribution in [0.3, 0.4) is 0 Å². The molecule has 2 unspecified atom stereocenters. The third kappa shape index (κ3) is 4.66. The van der Waals surface area contributed by atoms with E-state index in [9.17, 15) is 20.1 Å². The Morgan fingerprint density at radius 1 is 1.12 bits per heavy atom. The summed E-state index contributed by atoms with van der Waals surface area (Å²) >= 11 is 0. The standard InChI is InChI=1S/C17H20O9/c1-9(24-11(8-19)4-5-18)25-15-7-14(22)16(23)17(26-15)10-2-3-12(20)13(21)6-10/h2-3,6-7,9,11,18-21,23H,4-5,8H2,1H3. The van der Waals surface area contributed by atoms with Gasteiger partial charge in [0.25, 0.3) is 5.95 Å². The van der Waals surface area contributed by atoms with Gasteiger partial charge in [-0.3, -0.25) is 4.79 Å². The molecule has 0 fully saturated rings. The molecule has 1 aromatic carbocycles. The van der Waals surface area contributed by atoms with Crippen molar-refractivity contribution >= 4 is 0 Å². The van der Waals surface area contributed by atoms with E-state index in [0.29, 0.717) is 0 Å². The molecule has 0 aliphatic heterocycles. The first-order chi connectivity index (χ1) is 12.3. The van der Waals surface area contributed by atoms with Crippen LogP contribution >= 0.6 is 0 Å². The maximum atomic E-state index is 11.9. The molecule has 0 radical (unpaired) electrons. The second kappa shape index (κ2) is 8.56. The molecule has 26 heavy (non-hydrogen) atoms. The molecule has 1 heterocycles. The summed E-state index contributed by atoms with van der Waals surface area (Å²) in [7, 11) is 0. The zero-order valence-electron chi connectivity index (χ0n) is 14.0. The maximum absolute atomic E-state index is 11.9. The van der Waals surface area contributed by atoms with Gasteiger partial charge in [0.05, 0.1) is 18.8 Å². The molecule has 142 valence electrons. The minimum absolute atomic E-state index is 0.141. The summed E-state index contributed by atoms with van der Waals surface area (Å²) in [6.07, 6.45) is -1.39. The van der Waals surface area contributed by atoms with E-state index in [1.165, 1.54) is 19.1 Å². The average molecular weight is 368 g/mol. The molecule has 5 N–H and O–H groups in total. The number of benzene rings is 1. The minimum atomic E-state index is -0.924. The van der Waals surface area contributed by atoms with Crippen LogP contribution in [0.15, 0.2) is 33.5 Å². The number of rotatable bonds is 8. The third-order valence-electron chi connectivity index (χ3n) is 3.46. The molecule has 9 nitrogen and oxygen atoms in total. The van der Waals surface area contributed by atoms with Gasteiger partial charge < -0.3 is 39.4 Å². The summed E-state index contributed by atoms with van der Waals surface area (Å²) in [6.45, 7) is 0.992. The zero-order chi connectivity index (χ0) is 19.3. The van der Waals surface area contributed by atoms with Crippen LogP contribution in [0.1, 0.15) is 13.3 Å². The summed E-state index contributed by atoms with van der Waals surface area (Å²) in [5.74, 6) is -2.04. The van der Waals surface area contributed by atoms with Crippen molar-refractivity contribution < 1.29 is 39.4 Å². The number of phenols is 2. The lowest BCUT2D eigenvalue weighted by molar-refractivity contribution is -0.132. The van der Waals surface area contributed by atoms with Crippen LogP contribution in [0.25, 0.3) is 11.3 Å². The molecule has 2 rings (SSSR count). The van der Waals surface area contributed by atoms with Crippen molar-refractivity contribution in [2.45, 2.75) is 25.7 Å². The first-order valence-electron chi connectivity index (χ1n) is 7.79. The van der Waals surface area contributed by atoms with Gasteiger partial charge in [0, 0.05) is 12.2 Å². The molecule has 2 atom stereocenters. The molecule has 0 bridgehead atoms. The second-order valence-corrected chi connectivity index (χ2v) is 5.45. The van der Waals surface area contributed by atoms with Gasteiger partial charge in [0.1, 0.15) is 0 Å². The van der Waals surface area contributed by atoms with Crippen LogP contribution in [0, 0.1) is 0 Å². The highest BCUT2D eigenvalue weighted by atomic mass is 16.7. The Morgan fingerprint density at radius 3 is 2.46 bits per heavy atom. The smallest absolute Gasteiger partial charge is 0.291 e. The lowest BCUT2D eigenvalue weighted by Crippen LogP contribution is -2.28. The van der Waals surface area contributed by atoms with Gasteiger partial charge in [0.15, 0.2) is 17.3 Å². The van der Waals surface area contributed by atoms with Crippen molar-refractivity contribution in [1.82, 2.24) is 0 Å². The molecule has 0 amide bonds. The third-order valence-corrected chi connectivity index (χ3v) is 3.46. The molecule has 0 saturated carbocycles. The highest BCUT2D eigenvalue weighted by Crippen LogP contribution is 2.35. The number of aliphatic hydroxyl groups excluding tert-OH is 2. The lowest BCUT2D eigenvalue weighted by Gasteiger charge is -2.20. The Balaban J connectivity index is 2.27. The van der Waals surface area contributed by atoms with Crippen molar-refractivity contribution in [2.75, 3.05) is 13.2 Å². The number of aromatic hydroxyl groups is 3. The van der Waals surface area contributed by atoms with Crippen molar-refractivity contribution in [1.29, 1.82) is 0 Å². The van der Waals surface area contributed by atoms with Crippen LogP contribution in [0.5, 0.6) is 23.2 Å². The summed E-state index contributed by atoms with van der Waals surface area (Å²) in [6, 6.07) is 4.53. The van der Waals surface area contributed by atoms with Crippen molar-refractivity contribution in [2.24, 2.45) is 0 Å². The minimum Gasteiger partial charge on any atom is -0.504 e. The topological polar surface area (TPSA) is 150 Å². The molecule has 2 aromatic rings. The first kappa shape index (κ1) is 19.6.